The number of hydrogen-bond donors (Lipinski definition) is 1. The Labute approximate surface area is 171 Å². The zero-order chi connectivity index (χ0) is 21.3. The lowest BCUT2D eigenvalue weighted by molar-refractivity contribution is -0.384. The van der Waals surface area contributed by atoms with Crippen molar-refractivity contribution in [3.63, 3.8) is 0 Å². The van der Waals surface area contributed by atoms with Crippen LogP contribution in [0.2, 0.25) is 0 Å². The van der Waals surface area contributed by atoms with Crippen LogP contribution in [0, 0.1) is 17.0 Å². The summed E-state index contributed by atoms with van der Waals surface area (Å²) in [6, 6.07) is 14.3. The quantitative estimate of drug-likeness (QED) is 0.526. The molecule has 9 nitrogen and oxygen atoms in total. The third kappa shape index (κ3) is 3.52. The van der Waals surface area contributed by atoms with Crippen LogP contribution in [0.3, 0.4) is 0 Å². The normalized spacial score (nSPS) is 15.0. The van der Waals surface area contributed by atoms with Crippen molar-refractivity contribution < 1.29 is 14.5 Å². The second kappa shape index (κ2) is 7.78. The second-order valence-corrected chi connectivity index (χ2v) is 6.86. The summed E-state index contributed by atoms with van der Waals surface area (Å²) in [5.41, 5.74) is 0.306. The van der Waals surface area contributed by atoms with Crippen LogP contribution >= 0.6 is 0 Å². The smallest absolute Gasteiger partial charge is 0.294 e. The van der Waals surface area contributed by atoms with Gasteiger partial charge in [-0.25, -0.2) is 4.68 Å². The average Bonchev–Trinajstić information content (AvgIpc) is 2.74. The summed E-state index contributed by atoms with van der Waals surface area (Å²) in [5, 5.41) is 18.4. The van der Waals surface area contributed by atoms with Crippen molar-refractivity contribution >= 4 is 11.6 Å². The van der Waals surface area contributed by atoms with E-state index < -0.39 is 16.3 Å². The number of nitrogens with one attached hydrogen (secondary N) is 1. The largest absolute Gasteiger partial charge is 0.493 e. The summed E-state index contributed by atoms with van der Waals surface area (Å²) < 4.78 is 6.84. The third-order valence-corrected chi connectivity index (χ3v) is 4.89. The van der Waals surface area contributed by atoms with Crippen molar-refractivity contribution in [3.05, 3.63) is 91.9 Å². The van der Waals surface area contributed by atoms with Gasteiger partial charge >= 0.3 is 0 Å². The lowest BCUT2D eigenvalue weighted by Crippen LogP contribution is -2.36. The van der Waals surface area contributed by atoms with E-state index in [1.165, 1.54) is 28.9 Å². The predicted octanol–water partition coefficient (Wildman–Crippen LogP) is 2.70. The van der Waals surface area contributed by atoms with E-state index in [2.05, 4.69) is 10.4 Å². The highest BCUT2D eigenvalue weighted by molar-refractivity contribution is 5.92. The number of nitro benzene ring substituents is 1. The summed E-state index contributed by atoms with van der Waals surface area (Å²) in [5.74, 6) is 0.0391. The lowest BCUT2D eigenvalue weighted by atomic mass is 10.0. The van der Waals surface area contributed by atoms with Crippen LogP contribution in [0.4, 0.5) is 5.69 Å². The minimum Gasteiger partial charge on any atom is -0.493 e. The summed E-state index contributed by atoms with van der Waals surface area (Å²) >= 11 is 0. The standard InChI is InChI=1S/C21H18N4O5/c1-13-12-18(26)20(23-24(13)16-7-3-4-8-17(16)25(28)29)21(27)22-15-10-11-30-19-9-5-2-6-14(15)19/h2-9,12,15H,10-11H2,1H3,(H,22,27)/t15-/m0/s1. The average molecular weight is 406 g/mol. The van der Waals surface area contributed by atoms with E-state index in [1.54, 1.807) is 13.0 Å². The molecule has 0 aliphatic carbocycles. The van der Waals surface area contributed by atoms with E-state index >= 15 is 0 Å². The first-order chi connectivity index (χ1) is 14.5. The van der Waals surface area contributed by atoms with Crippen molar-refractivity contribution in [3.8, 4) is 11.4 Å². The van der Waals surface area contributed by atoms with E-state index in [-0.39, 0.29) is 23.1 Å². The van der Waals surface area contributed by atoms with E-state index in [4.69, 9.17) is 4.74 Å². The van der Waals surface area contributed by atoms with Gasteiger partial charge in [0.05, 0.1) is 17.6 Å². The topological polar surface area (TPSA) is 116 Å². The number of ether oxygens (including phenoxy) is 1. The molecule has 4 rings (SSSR count). The predicted molar refractivity (Wildman–Crippen MR) is 108 cm³/mol. The highest BCUT2D eigenvalue weighted by Gasteiger charge is 2.26. The minimum atomic E-state index is -0.644. The van der Waals surface area contributed by atoms with Crippen molar-refractivity contribution in [1.82, 2.24) is 15.1 Å². The Morgan fingerprint density at radius 2 is 1.97 bits per heavy atom. The van der Waals surface area contributed by atoms with Crippen LogP contribution in [0.1, 0.15) is 34.2 Å². The van der Waals surface area contributed by atoms with Gasteiger partial charge in [0.25, 0.3) is 11.6 Å². The Kier molecular flexibility index (Phi) is 5.01. The number of amides is 1. The highest BCUT2D eigenvalue weighted by atomic mass is 16.6. The van der Waals surface area contributed by atoms with E-state index in [0.29, 0.717) is 24.5 Å². The second-order valence-electron chi connectivity index (χ2n) is 6.86. The number of aryl methyl sites for hydroxylation is 1. The van der Waals surface area contributed by atoms with Crippen LogP contribution < -0.4 is 15.5 Å². The molecule has 0 radical (unpaired) electrons. The SMILES string of the molecule is Cc1cc(=O)c(C(=O)N[C@H]2CCOc3ccccc32)nn1-c1ccccc1[N+](=O)[O-]. The number of para-hydroxylation sites is 3. The maximum atomic E-state index is 12.9. The number of carbonyl (C=O) groups excluding carboxylic acids is 1. The molecule has 1 aromatic heterocycles. The van der Waals surface area contributed by atoms with Crippen molar-refractivity contribution in [1.29, 1.82) is 0 Å². The summed E-state index contributed by atoms with van der Waals surface area (Å²) in [7, 11) is 0. The number of benzene rings is 2. The van der Waals surface area contributed by atoms with Gasteiger partial charge in [-0.15, -0.1) is 0 Å². The zero-order valence-corrected chi connectivity index (χ0v) is 16.1. The fourth-order valence-corrected chi connectivity index (χ4v) is 3.46. The Hall–Kier alpha value is -4.01. The van der Waals surface area contributed by atoms with Crippen LogP contribution in [0.25, 0.3) is 5.69 Å². The molecule has 3 aromatic rings. The van der Waals surface area contributed by atoms with Gasteiger partial charge in [0.1, 0.15) is 11.4 Å². The molecule has 152 valence electrons. The van der Waals surface area contributed by atoms with Crippen LogP contribution in [-0.2, 0) is 0 Å². The summed E-state index contributed by atoms with van der Waals surface area (Å²) in [6.07, 6.45) is 0.549. The monoisotopic (exact) mass is 406 g/mol. The van der Waals surface area contributed by atoms with Crippen LogP contribution in [-0.4, -0.2) is 27.2 Å². The number of aromatic nitrogens is 2. The molecule has 0 bridgehead atoms. The third-order valence-electron chi connectivity index (χ3n) is 4.89. The highest BCUT2D eigenvalue weighted by Crippen LogP contribution is 2.31. The molecule has 0 saturated carbocycles. The number of fused-ring (bicyclic) bond motifs is 1. The molecule has 0 saturated heterocycles. The summed E-state index contributed by atoms with van der Waals surface area (Å²) in [4.78, 5) is 36.2. The molecule has 1 N–H and O–H groups in total. The molecule has 0 unspecified atom stereocenters. The Morgan fingerprint density at radius 3 is 2.77 bits per heavy atom. The van der Waals surface area contributed by atoms with Crippen molar-refractivity contribution in [2.75, 3.05) is 6.61 Å². The Morgan fingerprint density at radius 1 is 1.23 bits per heavy atom. The molecule has 0 spiro atoms. The first kappa shape index (κ1) is 19.3. The molecule has 30 heavy (non-hydrogen) atoms. The molecule has 1 aliphatic rings. The minimum absolute atomic E-state index is 0.172. The Bertz CT molecular complexity index is 1200. The maximum absolute atomic E-state index is 12.9. The van der Waals surface area contributed by atoms with Gasteiger partial charge in [0, 0.05) is 29.8 Å². The number of carbonyl (C=O) groups is 1. The number of rotatable bonds is 4. The number of hydrogen-bond acceptors (Lipinski definition) is 6. The number of nitrogens with zero attached hydrogens (tertiary/aromatic N) is 3. The van der Waals surface area contributed by atoms with Gasteiger partial charge < -0.3 is 10.1 Å². The molecule has 1 amide bonds. The van der Waals surface area contributed by atoms with E-state index in [9.17, 15) is 19.7 Å². The first-order valence-electron chi connectivity index (χ1n) is 9.33. The van der Waals surface area contributed by atoms with Crippen molar-refractivity contribution in [2.45, 2.75) is 19.4 Å². The summed E-state index contributed by atoms with van der Waals surface area (Å²) in [6.45, 7) is 2.03. The van der Waals surface area contributed by atoms with Crippen LogP contribution in [0.5, 0.6) is 5.75 Å². The Balaban J connectivity index is 1.71. The van der Waals surface area contributed by atoms with Gasteiger partial charge in [-0.1, -0.05) is 30.3 Å². The molecular formula is C21H18N4O5. The fourth-order valence-electron chi connectivity index (χ4n) is 3.46. The van der Waals surface area contributed by atoms with Gasteiger partial charge in [0.2, 0.25) is 5.43 Å². The van der Waals surface area contributed by atoms with Crippen molar-refractivity contribution in [2.24, 2.45) is 0 Å². The van der Waals surface area contributed by atoms with Gasteiger partial charge in [0.15, 0.2) is 5.69 Å². The number of nitro groups is 1. The van der Waals surface area contributed by atoms with Gasteiger partial charge in [-0.05, 0) is 19.1 Å². The zero-order valence-electron chi connectivity index (χ0n) is 16.1. The molecule has 0 fully saturated rings. The molecular weight excluding hydrogens is 388 g/mol. The van der Waals surface area contributed by atoms with Gasteiger partial charge in [-0.2, -0.15) is 5.10 Å². The van der Waals surface area contributed by atoms with Crippen LogP contribution in [0.15, 0.2) is 59.4 Å². The van der Waals surface area contributed by atoms with E-state index in [1.807, 2.05) is 24.3 Å². The molecule has 2 aromatic carbocycles. The fraction of sp³-hybridized carbons (Fsp3) is 0.190. The maximum Gasteiger partial charge on any atom is 0.294 e. The van der Waals surface area contributed by atoms with Gasteiger partial charge in [-0.3, -0.25) is 19.7 Å². The first-order valence-corrected chi connectivity index (χ1v) is 9.33. The molecule has 1 aliphatic heterocycles. The molecule has 2 heterocycles. The molecule has 1 atom stereocenters. The van der Waals surface area contributed by atoms with E-state index in [0.717, 1.165) is 5.56 Å². The lowest BCUT2D eigenvalue weighted by Gasteiger charge is -2.26. The molecule has 9 heteroatoms.